The number of amides is 2. The van der Waals surface area contributed by atoms with Crippen LogP contribution in [0.2, 0.25) is 10.0 Å². The molecule has 1 aromatic carbocycles. The molecule has 0 atom stereocenters. The third kappa shape index (κ3) is 3.31. The first kappa shape index (κ1) is 15.7. The maximum absolute atomic E-state index is 11.9. The van der Waals surface area contributed by atoms with Crippen molar-refractivity contribution in [3.05, 3.63) is 32.6 Å². The maximum atomic E-state index is 11.9. The third-order valence-electron chi connectivity index (χ3n) is 2.51. The molecule has 2 rings (SSSR count). The second-order valence-corrected chi connectivity index (χ2v) is 5.82. The fraction of sp³-hybridized carbons (Fsp3) is 0.0833. The number of hydrogen-bond donors (Lipinski definition) is 2. The molecule has 0 aromatic heterocycles. The summed E-state index contributed by atoms with van der Waals surface area (Å²) in [7, 11) is 0. The minimum Gasteiger partial charge on any atom is -0.506 e. The Hall–Kier alpha value is -1.70. The van der Waals surface area contributed by atoms with Crippen LogP contribution in [0.5, 0.6) is 5.75 Å². The smallest absolute Gasteiger partial charge is 0.323 e. The third-order valence-corrected chi connectivity index (χ3v) is 3.92. The molecule has 9 heteroatoms. The summed E-state index contributed by atoms with van der Waals surface area (Å²) in [4.78, 5) is 34.7. The quantitative estimate of drug-likeness (QED) is 0.816. The van der Waals surface area contributed by atoms with Crippen molar-refractivity contribution in [3.8, 4) is 5.75 Å². The number of aliphatic carboxylic acids is 1. The normalized spacial score (nSPS) is 16.9. The summed E-state index contributed by atoms with van der Waals surface area (Å²) >= 11 is 12.1. The fourth-order valence-electron chi connectivity index (χ4n) is 1.61. The van der Waals surface area contributed by atoms with E-state index in [1.54, 1.807) is 0 Å². The summed E-state index contributed by atoms with van der Waals surface area (Å²) in [5, 5.41) is 18.0. The summed E-state index contributed by atoms with van der Waals surface area (Å²) in [5.74, 6) is -2.33. The second kappa shape index (κ2) is 5.97. The van der Waals surface area contributed by atoms with Crippen LogP contribution in [0.1, 0.15) is 5.56 Å². The van der Waals surface area contributed by atoms with E-state index in [1.807, 2.05) is 0 Å². The van der Waals surface area contributed by atoms with Gasteiger partial charge in [0.05, 0.1) is 9.93 Å². The molecule has 1 fully saturated rings. The Kier molecular flexibility index (Phi) is 4.46. The van der Waals surface area contributed by atoms with Gasteiger partial charge in [-0.1, -0.05) is 23.2 Å². The molecular formula is C12H7Cl2NO5S. The monoisotopic (exact) mass is 347 g/mol. The summed E-state index contributed by atoms with van der Waals surface area (Å²) in [6, 6.07) is 2.69. The number of benzene rings is 1. The fourth-order valence-corrected chi connectivity index (χ4v) is 2.95. The molecule has 0 saturated carbocycles. The maximum Gasteiger partial charge on any atom is 0.323 e. The van der Waals surface area contributed by atoms with E-state index in [2.05, 4.69) is 0 Å². The Balaban J connectivity index is 2.37. The van der Waals surface area contributed by atoms with E-state index in [0.29, 0.717) is 16.7 Å². The highest BCUT2D eigenvalue weighted by atomic mass is 35.5. The summed E-state index contributed by atoms with van der Waals surface area (Å²) in [5.41, 5.74) is 0.160. The van der Waals surface area contributed by atoms with Crippen LogP contribution in [-0.4, -0.2) is 38.8 Å². The lowest BCUT2D eigenvalue weighted by Gasteiger charge is -2.08. The number of imide groups is 1. The van der Waals surface area contributed by atoms with Gasteiger partial charge in [-0.2, -0.15) is 0 Å². The Bertz CT molecular complexity index is 688. The van der Waals surface area contributed by atoms with Crippen molar-refractivity contribution in [1.29, 1.82) is 0 Å². The molecule has 21 heavy (non-hydrogen) atoms. The van der Waals surface area contributed by atoms with Crippen molar-refractivity contribution in [3.63, 3.8) is 0 Å². The van der Waals surface area contributed by atoms with Crippen molar-refractivity contribution >= 4 is 58.2 Å². The summed E-state index contributed by atoms with van der Waals surface area (Å²) in [6.45, 7) is -0.718. The average molecular weight is 348 g/mol. The van der Waals surface area contributed by atoms with Gasteiger partial charge in [-0.05, 0) is 30.0 Å². The SMILES string of the molecule is O=C(O)CN1C(=O)S/C(=C/c2cc(Cl)cc(Cl)c2O)C1=O. The number of thioether (sulfide) groups is 1. The van der Waals surface area contributed by atoms with E-state index in [4.69, 9.17) is 28.3 Å². The van der Waals surface area contributed by atoms with E-state index < -0.39 is 23.7 Å². The minimum atomic E-state index is -1.30. The Morgan fingerprint density at radius 2 is 2.00 bits per heavy atom. The molecule has 110 valence electrons. The van der Waals surface area contributed by atoms with Gasteiger partial charge in [0, 0.05) is 10.6 Å². The number of nitrogens with zero attached hydrogens (tertiary/aromatic N) is 1. The van der Waals surface area contributed by atoms with Gasteiger partial charge in [0.1, 0.15) is 12.3 Å². The van der Waals surface area contributed by atoms with Crippen molar-refractivity contribution in [2.75, 3.05) is 6.54 Å². The summed E-state index contributed by atoms with van der Waals surface area (Å²) < 4.78 is 0. The first-order valence-corrected chi connectivity index (χ1v) is 7.02. The number of carbonyl (C=O) groups is 3. The summed E-state index contributed by atoms with van der Waals surface area (Å²) in [6.07, 6.45) is 1.24. The van der Waals surface area contributed by atoms with Crippen molar-refractivity contribution in [2.45, 2.75) is 0 Å². The van der Waals surface area contributed by atoms with Gasteiger partial charge in [0.15, 0.2) is 0 Å². The van der Waals surface area contributed by atoms with Gasteiger partial charge in [-0.15, -0.1) is 0 Å². The molecule has 2 N–H and O–H groups in total. The number of hydrogen-bond acceptors (Lipinski definition) is 5. The molecule has 0 aliphatic carbocycles. The standard InChI is InChI=1S/C12H7Cl2NO5S/c13-6-1-5(10(18)7(14)3-6)2-8-11(19)15(4-9(16)17)12(20)21-8/h1-3,18H,4H2,(H,16,17)/b8-2+. The van der Waals surface area contributed by atoms with Crippen LogP contribution in [0.25, 0.3) is 6.08 Å². The van der Waals surface area contributed by atoms with Gasteiger partial charge in [0.25, 0.3) is 11.1 Å². The molecule has 6 nitrogen and oxygen atoms in total. The first-order valence-electron chi connectivity index (χ1n) is 5.44. The van der Waals surface area contributed by atoms with Crippen LogP contribution in [0, 0.1) is 0 Å². The average Bonchev–Trinajstić information content (AvgIpc) is 2.63. The van der Waals surface area contributed by atoms with Crippen LogP contribution < -0.4 is 0 Å². The second-order valence-electron chi connectivity index (χ2n) is 3.99. The van der Waals surface area contributed by atoms with E-state index in [9.17, 15) is 19.5 Å². The number of phenolic OH excluding ortho intramolecular Hbond substituents is 1. The highest BCUT2D eigenvalue weighted by Crippen LogP contribution is 2.37. The number of carbonyl (C=O) groups excluding carboxylic acids is 2. The van der Waals surface area contributed by atoms with Crippen molar-refractivity contribution in [2.24, 2.45) is 0 Å². The Morgan fingerprint density at radius 1 is 1.33 bits per heavy atom. The number of aromatic hydroxyl groups is 1. The van der Waals surface area contributed by atoms with E-state index in [1.165, 1.54) is 18.2 Å². The lowest BCUT2D eigenvalue weighted by molar-refractivity contribution is -0.140. The number of rotatable bonds is 3. The Labute approximate surface area is 132 Å². The molecule has 0 unspecified atom stereocenters. The van der Waals surface area contributed by atoms with Crippen LogP contribution in [-0.2, 0) is 9.59 Å². The molecule has 1 aromatic rings. The number of carboxylic acid groups (broad SMARTS) is 1. The van der Waals surface area contributed by atoms with Crippen molar-refractivity contribution < 1.29 is 24.6 Å². The largest absolute Gasteiger partial charge is 0.506 e. The van der Waals surface area contributed by atoms with Gasteiger partial charge < -0.3 is 10.2 Å². The molecule has 0 bridgehead atoms. The van der Waals surface area contributed by atoms with E-state index in [0.717, 1.165) is 0 Å². The zero-order valence-electron chi connectivity index (χ0n) is 10.2. The molecule has 2 amide bonds. The van der Waals surface area contributed by atoms with Crippen LogP contribution in [0.3, 0.4) is 0 Å². The topological polar surface area (TPSA) is 94.9 Å². The van der Waals surface area contributed by atoms with E-state index in [-0.39, 0.29) is 26.3 Å². The molecule has 0 spiro atoms. The molecule has 1 saturated heterocycles. The van der Waals surface area contributed by atoms with Crippen LogP contribution in [0.4, 0.5) is 4.79 Å². The number of phenols is 1. The zero-order chi connectivity index (χ0) is 15.7. The lowest BCUT2D eigenvalue weighted by atomic mass is 10.2. The van der Waals surface area contributed by atoms with E-state index >= 15 is 0 Å². The molecule has 1 aliphatic rings. The zero-order valence-corrected chi connectivity index (χ0v) is 12.5. The van der Waals surface area contributed by atoms with Gasteiger partial charge in [-0.25, -0.2) is 0 Å². The van der Waals surface area contributed by atoms with Gasteiger partial charge in [-0.3, -0.25) is 19.3 Å². The van der Waals surface area contributed by atoms with Crippen LogP contribution >= 0.6 is 35.0 Å². The van der Waals surface area contributed by atoms with Gasteiger partial charge in [0.2, 0.25) is 0 Å². The molecule has 0 radical (unpaired) electrons. The van der Waals surface area contributed by atoms with Crippen LogP contribution in [0.15, 0.2) is 17.0 Å². The predicted molar refractivity (Wildman–Crippen MR) is 78.4 cm³/mol. The number of halogens is 2. The molecule has 1 heterocycles. The Morgan fingerprint density at radius 3 is 2.62 bits per heavy atom. The molecular weight excluding hydrogens is 341 g/mol. The van der Waals surface area contributed by atoms with Gasteiger partial charge >= 0.3 is 5.97 Å². The highest BCUT2D eigenvalue weighted by molar-refractivity contribution is 8.18. The molecule has 1 aliphatic heterocycles. The van der Waals surface area contributed by atoms with Crippen molar-refractivity contribution in [1.82, 2.24) is 4.90 Å². The number of carboxylic acids is 1. The lowest BCUT2D eigenvalue weighted by Crippen LogP contribution is -2.33. The minimum absolute atomic E-state index is 0.00138. The highest BCUT2D eigenvalue weighted by Gasteiger charge is 2.36. The predicted octanol–water partition coefficient (Wildman–Crippen LogP) is 2.82. The first-order chi connectivity index (χ1) is 9.79.